The van der Waals surface area contributed by atoms with Crippen LogP contribution >= 0.6 is 0 Å². The fourth-order valence-corrected chi connectivity index (χ4v) is 2.98. The number of hydrogen-bond donors (Lipinski definition) is 1. The van der Waals surface area contributed by atoms with E-state index in [0.717, 1.165) is 22.6 Å². The lowest BCUT2D eigenvalue weighted by molar-refractivity contribution is -0.116. The number of aryl methyl sites for hydroxylation is 2. The summed E-state index contributed by atoms with van der Waals surface area (Å²) in [5.41, 5.74) is 5.58. The minimum atomic E-state index is -0.890. The van der Waals surface area contributed by atoms with Gasteiger partial charge in [-0.2, -0.15) is 0 Å². The Labute approximate surface area is 146 Å². The average Bonchev–Trinajstić information content (AvgIpc) is 2.80. The summed E-state index contributed by atoms with van der Waals surface area (Å²) in [4.78, 5) is 11.8. The zero-order valence-corrected chi connectivity index (χ0v) is 15.4. The second-order valence-corrected chi connectivity index (χ2v) is 7.45. The zero-order chi connectivity index (χ0) is 17.7. The van der Waals surface area contributed by atoms with Gasteiger partial charge in [0.05, 0.1) is 0 Å². The van der Waals surface area contributed by atoms with E-state index in [1.54, 1.807) is 6.26 Å². The molecule has 4 nitrogen and oxygen atoms in total. The van der Waals surface area contributed by atoms with Crippen LogP contribution in [0.3, 0.4) is 0 Å². The van der Waals surface area contributed by atoms with Crippen LogP contribution in [0.5, 0.6) is 0 Å². The predicted octanol–water partition coefficient (Wildman–Crippen LogP) is 2.91. The van der Waals surface area contributed by atoms with Gasteiger partial charge in [-0.25, -0.2) is 0 Å². The third-order valence-corrected chi connectivity index (χ3v) is 4.64. The lowest BCUT2D eigenvalue weighted by Gasteiger charge is -2.09. The van der Waals surface area contributed by atoms with Crippen molar-refractivity contribution in [2.75, 3.05) is 18.6 Å². The molecule has 128 valence electrons. The molecule has 0 spiro atoms. The second kappa shape index (κ2) is 8.11. The maximum Gasteiger partial charge on any atom is 0.244 e. The highest BCUT2D eigenvalue weighted by Crippen LogP contribution is 2.22. The molecule has 5 heteroatoms. The normalized spacial score (nSPS) is 12.5. The van der Waals surface area contributed by atoms with Crippen LogP contribution in [0.1, 0.15) is 22.5 Å². The highest BCUT2D eigenvalue weighted by atomic mass is 32.2. The number of rotatable bonds is 6. The van der Waals surface area contributed by atoms with E-state index in [1.807, 2.05) is 13.0 Å². The van der Waals surface area contributed by atoms with Crippen molar-refractivity contribution in [2.45, 2.75) is 20.8 Å². The van der Waals surface area contributed by atoms with Crippen LogP contribution in [0.15, 0.2) is 36.4 Å². The first-order valence-corrected chi connectivity index (χ1v) is 9.63. The summed E-state index contributed by atoms with van der Waals surface area (Å²) in [7, 11) is -0.890. The zero-order valence-electron chi connectivity index (χ0n) is 14.6. The van der Waals surface area contributed by atoms with E-state index in [-0.39, 0.29) is 5.91 Å². The van der Waals surface area contributed by atoms with Crippen LogP contribution in [0, 0.1) is 20.8 Å². The Morgan fingerprint density at radius 2 is 1.88 bits per heavy atom. The second-order valence-electron chi connectivity index (χ2n) is 5.90. The highest BCUT2D eigenvalue weighted by molar-refractivity contribution is 7.84. The quantitative estimate of drug-likeness (QED) is 0.819. The van der Waals surface area contributed by atoms with E-state index in [2.05, 4.69) is 54.1 Å². The molecule has 0 unspecified atom stereocenters. The van der Waals surface area contributed by atoms with Crippen LogP contribution < -0.4 is 5.32 Å². The molecule has 2 rings (SSSR count). The molecule has 24 heavy (non-hydrogen) atoms. The van der Waals surface area contributed by atoms with Crippen molar-refractivity contribution in [1.29, 1.82) is 0 Å². The van der Waals surface area contributed by atoms with Gasteiger partial charge in [-0.15, -0.1) is 0 Å². The molecule has 0 fully saturated rings. The number of amides is 1. The van der Waals surface area contributed by atoms with E-state index >= 15 is 0 Å². The smallest absolute Gasteiger partial charge is 0.244 e. The molecular weight excluding hydrogens is 320 g/mol. The van der Waals surface area contributed by atoms with E-state index < -0.39 is 10.8 Å². The molecule has 1 aromatic carbocycles. The molecule has 0 aliphatic heterocycles. The van der Waals surface area contributed by atoms with Crippen LogP contribution in [0.2, 0.25) is 0 Å². The summed E-state index contributed by atoms with van der Waals surface area (Å²) in [6, 6.07) is 10.4. The van der Waals surface area contributed by atoms with Crippen molar-refractivity contribution in [3.05, 3.63) is 58.9 Å². The highest BCUT2D eigenvalue weighted by Gasteiger charge is 2.09. The fraction of sp³-hybridized carbons (Fsp3) is 0.316. The maximum absolute atomic E-state index is 11.8. The third-order valence-electron chi connectivity index (χ3n) is 3.87. The van der Waals surface area contributed by atoms with Crippen LogP contribution in [0.25, 0.3) is 11.8 Å². The van der Waals surface area contributed by atoms with Gasteiger partial charge in [-0.1, -0.05) is 17.7 Å². The Morgan fingerprint density at radius 1 is 1.21 bits per heavy atom. The molecule has 1 aromatic heterocycles. The fourth-order valence-electron chi connectivity index (χ4n) is 2.59. The predicted molar refractivity (Wildman–Crippen MR) is 101 cm³/mol. The molecule has 0 bridgehead atoms. The van der Waals surface area contributed by atoms with Crippen molar-refractivity contribution >= 4 is 22.8 Å². The lowest BCUT2D eigenvalue weighted by Crippen LogP contribution is -2.25. The van der Waals surface area contributed by atoms with Crippen LogP contribution in [-0.4, -0.2) is 33.2 Å². The lowest BCUT2D eigenvalue weighted by atomic mass is 10.2. The minimum Gasteiger partial charge on any atom is -0.352 e. The van der Waals surface area contributed by atoms with Gasteiger partial charge in [0.2, 0.25) is 5.91 Å². The Hall–Kier alpha value is -2.14. The standard InChI is InChI=1S/C19H24N2O2S/c1-14-5-8-18(9-6-14)21-15(2)13-17(16(21)3)7-10-19(22)20-11-12-24(4)23/h5-10,13H,11-12H2,1-4H3,(H,20,22)/b10-7+/t24-/m1/s1. The third kappa shape index (κ3) is 4.68. The molecule has 1 heterocycles. The Bertz CT molecular complexity index is 773. The van der Waals surface area contributed by atoms with E-state index in [4.69, 9.17) is 0 Å². The summed E-state index contributed by atoms with van der Waals surface area (Å²) < 4.78 is 13.2. The van der Waals surface area contributed by atoms with Gasteiger partial charge in [0.25, 0.3) is 0 Å². The van der Waals surface area contributed by atoms with Gasteiger partial charge >= 0.3 is 0 Å². The monoisotopic (exact) mass is 344 g/mol. The number of aromatic nitrogens is 1. The van der Waals surface area contributed by atoms with Crippen molar-refractivity contribution in [2.24, 2.45) is 0 Å². The molecular formula is C19H24N2O2S. The Kier molecular flexibility index (Phi) is 6.15. The first-order chi connectivity index (χ1) is 11.4. The number of nitrogens with one attached hydrogen (secondary N) is 1. The van der Waals surface area contributed by atoms with Crippen LogP contribution in [0.4, 0.5) is 0 Å². The first-order valence-electron chi connectivity index (χ1n) is 7.90. The maximum atomic E-state index is 11.8. The number of benzene rings is 1. The van der Waals surface area contributed by atoms with E-state index in [1.165, 1.54) is 11.6 Å². The van der Waals surface area contributed by atoms with Crippen molar-refractivity contribution < 1.29 is 9.00 Å². The molecule has 2 aromatic rings. The Morgan fingerprint density at radius 3 is 2.50 bits per heavy atom. The van der Waals surface area contributed by atoms with Gasteiger partial charge < -0.3 is 9.88 Å². The Balaban J connectivity index is 2.13. The summed E-state index contributed by atoms with van der Waals surface area (Å²) in [5, 5.41) is 2.74. The molecule has 0 aliphatic rings. The molecule has 0 radical (unpaired) electrons. The first kappa shape index (κ1) is 18.2. The number of carbonyl (C=O) groups is 1. The molecule has 1 atom stereocenters. The minimum absolute atomic E-state index is 0.166. The molecule has 0 saturated heterocycles. The van der Waals surface area contributed by atoms with E-state index in [0.29, 0.717) is 12.3 Å². The summed E-state index contributed by atoms with van der Waals surface area (Å²) in [6.45, 7) is 6.60. The summed E-state index contributed by atoms with van der Waals surface area (Å²) >= 11 is 0. The summed E-state index contributed by atoms with van der Waals surface area (Å²) in [5.74, 6) is 0.308. The number of nitrogens with zero attached hydrogens (tertiary/aromatic N) is 1. The largest absolute Gasteiger partial charge is 0.352 e. The van der Waals surface area contributed by atoms with Crippen molar-refractivity contribution in [3.8, 4) is 5.69 Å². The SMILES string of the molecule is Cc1ccc(-n2c(C)cc(/C=C/C(=O)NCC[S@@](C)=O)c2C)cc1. The van der Waals surface area contributed by atoms with Gasteiger partial charge in [-0.3, -0.25) is 9.00 Å². The molecule has 0 aliphatic carbocycles. The van der Waals surface area contributed by atoms with Gasteiger partial charge in [0.15, 0.2) is 0 Å². The van der Waals surface area contributed by atoms with E-state index in [9.17, 15) is 9.00 Å². The summed E-state index contributed by atoms with van der Waals surface area (Å²) in [6.07, 6.45) is 4.98. The number of carbonyl (C=O) groups excluding carboxylic acids is 1. The average molecular weight is 344 g/mol. The molecule has 1 N–H and O–H groups in total. The van der Waals surface area contributed by atoms with Gasteiger partial charge in [-0.05, 0) is 50.6 Å². The molecule has 1 amide bonds. The molecule has 0 saturated carbocycles. The van der Waals surface area contributed by atoms with Crippen molar-refractivity contribution in [3.63, 3.8) is 0 Å². The topological polar surface area (TPSA) is 51.1 Å². The van der Waals surface area contributed by atoms with Gasteiger partial charge in [0.1, 0.15) is 0 Å². The van der Waals surface area contributed by atoms with Crippen molar-refractivity contribution in [1.82, 2.24) is 9.88 Å². The van der Waals surface area contributed by atoms with Gasteiger partial charge in [0, 0.05) is 52.5 Å². The van der Waals surface area contributed by atoms with Crippen LogP contribution in [-0.2, 0) is 15.6 Å². The number of hydrogen-bond acceptors (Lipinski definition) is 2.